The lowest BCUT2D eigenvalue weighted by Crippen LogP contribution is -2.28. The normalized spacial score (nSPS) is 30.6. The van der Waals surface area contributed by atoms with Crippen LogP contribution in [0.15, 0.2) is 11.8 Å². The van der Waals surface area contributed by atoms with Crippen molar-refractivity contribution >= 4 is 9.84 Å². The van der Waals surface area contributed by atoms with Gasteiger partial charge in [-0.05, 0) is 37.2 Å². The Bertz CT molecular complexity index is 375. The van der Waals surface area contributed by atoms with Crippen molar-refractivity contribution in [1.29, 1.82) is 0 Å². The van der Waals surface area contributed by atoms with E-state index in [9.17, 15) is 8.42 Å². The van der Waals surface area contributed by atoms with Crippen LogP contribution in [0.25, 0.3) is 0 Å². The first-order valence-corrected chi connectivity index (χ1v) is 7.65. The van der Waals surface area contributed by atoms with E-state index in [1.54, 1.807) is 6.26 Å². The van der Waals surface area contributed by atoms with Crippen LogP contribution in [0.2, 0.25) is 0 Å². The molecule has 2 atom stereocenters. The van der Waals surface area contributed by atoms with Crippen LogP contribution in [0, 0.1) is 5.92 Å². The molecule has 2 aliphatic rings. The van der Waals surface area contributed by atoms with Crippen molar-refractivity contribution in [3.8, 4) is 0 Å². The van der Waals surface area contributed by atoms with Gasteiger partial charge in [-0.15, -0.1) is 0 Å². The molecule has 2 unspecified atom stereocenters. The summed E-state index contributed by atoms with van der Waals surface area (Å²) in [6.07, 6.45) is 5.30. The van der Waals surface area contributed by atoms with Gasteiger partial charge in [0.15, 0.2) is 9.84 Å². The van der Waals surface area contributed by atoms with Crippen LogP contribution in [0.5, 0.6) is 0 Å². The molecular weight excluding hydrogens is 226 g/mol. The predicted octanol–water partition coefficient (Wildman–Crippen LogP) is 0.833. The van der Waals surface area contributed by atoms with E-state index in [4.69, 9.17) is 10.5 Å². The van der Waals surface area contributed by atoms with Crippen LogP contribution in [0.4, 0.5) is 0 Å². The maximum atomic E-state index is 11.3. The number of nitrogens with two attached hydrogens (primary N) is 1. The summed E-state index contributed by atoms with van der Waals surface area (Å²) in [6, 6.07) is -0.0291. The molecule has 16 heavy (non-hydrogen) atoms. The predicted molar refractivity (Wildman–Crippen MR) is 62.6 cm³/mol. The Morgan fingerprint density at radius 2 is 2.38 bits per heavy atom. The van der Waals surface area contributed by atoms with Gasteiger partial charge in [-0.2, -0.15) is 0 Å². The first-order valence-electron chi connectivity index (χ1n) is 5.83. The summed E-state index contributed by atoms with van der Waals surface area (Å²) in [4.78, 5) is 0. The molecule has 4 nitrogen and oxygen atoms in total. The van der Waals surface area contributed by atoms with Gasteiger partial charge < -0.3 is 10.5 Å². The van der Waals surface area contributed by atoms with Crippen molar-refractivity contribution in [3.63, 3.8) is 0 Å². The Balaban J connectivity index is 1.88. The summed E-state index contributed by atoms with van der Waals surface area (Å²) in [5, 5.41) is 0. The highest BCUT2D eigenvalue weighted by atomic mass is 32.2. The van der Waals surface area contributed by atoms with E-state index in [1.807, 2.05) is 0 Å². The molecule has 0 radical (unpaired) electrons. The number of hydrogen-bond acceptors (Lipinski definition) is 4. The highest BCUT2D eigenvalue weighted by molar-refractivity contribution is 7.91. The molecule has 0 bridgehead atoms. The van der Waals surface area contributed by atoms with Crippen molar-refractivity contribution in [3.05, 3.63) is 11.8 Å². The largest absolute Gasteiger partial charge is 0.501 e. The molecule has 0 saturated carbocycles. The Kier molecular flexibility index (Phi) is 3.54. The minimum absolute atomic E-state index is 0.0291. The van der Waals surface area contributed by atoms with E-state index >= 15 is 0 Å². The van der Waals surface area contributed by atoms with Gasteiger partial charge >= 0.3 is 0 Å². The fraction of sp³-hybridized carbons (Fsp3) is 0.818. The number of sulfone groups is 1. The molecule has 5 heteroatoms. The number of rotatable bonds is 3. The average Bonchev–Trinajstić information content (AvgIpc) is 2.59. The minimum atomic E-state index is -2.78. The van der Waals surface area contributed by atoms with Gasteiger partial charge in [0.1, 0.15) is 0 Å². The molecule has 1 saturated heterocycles. The molecule has 0 amide bonds. The molecule has 2 heterocycles. The van der Waals surface area contributed by atoms with Gasteiger partial charge in [-0.25, -0.2) is 8.42 Å². The summed E-state index contributed by atoms with van der Waals surface area (Å²) in [6.45, 7) is 0.772. The Morgan fingerprint density at radius 3 is 2.94 bits per heavy atom. The lowest BCUT2D eigenvalue weighted by molar-refractivity contribution is 0.220. The Morgan fingerprint density at radius 1 is 1.56 bits per heavy atom. The zero-order valence-electron chi connectivity index (χ0n) is 9.39. The highest BCUT2D eigenvalue weighted by Gasteiger charge is 2.29. The van der Waals surface area contributed by atoms with Gasteiger partial charge in [-0.3, -0.25) is 0 Å². The summed E-state index contributed by atoms with van der Waals surface area (Å²) < 4.78 is 27.9. The van der Waals surface area contributed by atoms with Crippen molar-refractivity contribution in [2.45, 2.75) is 31.7 Å². The molecule has 0 spiro atoms. The fourth-order valence-electron chi connectivity index (χ4n) is 2.43. The number of ether oxygens (including phenoxy) is 1. The molecule has 92 valence electrons. The van der Waals surface area contributed by atoms with Crippen LogP contribution in [-0.4, -0.2) is 32.6 Å². The van der Waals surface area contributed by atoms with Gasteiger partial charge in [0.25, 0.3) is 0 Å². The van der Waals surface area contributed by atoms with E-state index in [1.165, 1.54) is 0 Å². The van der Waals surface area contributed by atoms with Crippen LogP contribution < -0.4 is 5.73 Å². The van der Waals surface area contributed by atoms with Gasteiger partial charge in [-0.1, -0.05) is 0 Å². The maximum absolute atomic E-state index is 11.3. The molecule has 0 aromatic carbocycles. The van der Waals surface area contributed by atoms with Crippen LogP contribution in [-0.2, 0) is 14.6 Å². The Labute approximate surface area is 96.8 Å². The monoisotopic (exact) mass is 245 g/mol. The smallest absolute Gasteiger partial charge is 0.150 e. The second kappa shape index (κ2) is 4.75. The van der Waals surface area contributed by atoms with E-state index < -0.39 is 9.84 Å². The second-order valence-electron chi connectivity index (χ2n) is 4.78. The maximum Gasteiger partial charge on any atom is 0.150 e. The quantitative estimate of drug-likeness (QED) is 0.799. The Hall–Kier alpha value is -0.550. The standard InChI is InChI=1S/C11H19NO3S/c12-11(10-2-1-4-15-7-10)6-9-3-5-16(13,14)8-9/h7,9,11H,1-6,8,12H2. The van der Waals surface area contributed by atoms with E-state index in [2.05, 4.69) is 0 Å². The average molecular weight is 245 g/mol. The van der Waals surface area contributed by atoms with E-state index in [0.29, 0.717) is 11.5 Å². The summed E-state index contributed by atoms with van der Waals surface area (Å²) in [5.74, 6) is 0.886. The first-order chi connectivity index (χ1) is 7.57. The van der Waals surface area contributed by atoms with Gasteiger partial charge in [0.2, 0.25) is 0 Å². The third kappa shape index (κ3) is 2.98. The third-order valence-electron chi connectivity index (χ3n) is 3.35. The van der Waals surface area contributed by atoms with Crippen molar-refractivity contribution in [2.75, 3.05) is 18.1 Å². The van der Waals surface area contributed by atoms with Crippen molar-refractivity contribution < 1.29 is 13.2 Å². The lowest BCUT2D eigenvalue weighted by Gasteiger charge is -2.21. The van der Waals surface area contributed by atoms with Crippen molar-refractivity contribution in [1.82, 2.24) is 0 Å². The third-order valence-corrected chi connectivity index (χ3v) is 5.19. The van der Waals surface area contributed by atoms with E-state index in [-0.39, 0.29) is 12.0 Å². The summed E-state index contributed by atoms with van der Waals surface area (Å²) in [7, 11) is -2.78. The SMILES string of the molecule is NC(CC1CCS(=O)(=O)C1)C1=COCCC1. The van der Waals surface area contributed by atoms with Crippen molar-refractivity contribution in [2.24, 2.45) is 11.7 Å². The molecular formula is C11H19NO3S. The van der Waals surface area contributed by atoms with Crippen LogP contribution in [0.1, 0.15) is 25.7 Å². The van der Waals surface area contributed by atoms with E-state index in [0.717, 1.165) is 37.9 Å². The summed E-state index contributed by atoms with van der Waals surface area (Å²) in [5.41, 5.74) is 7.21. The summed E-state index contributed by atoms with van der Waals surface area (Å²) >= 11 is 0. The molecule has 2 N–H and O–H groups in total. The lowest BCUT2D eigenvalue weighted by atomic mass is 9.93. The van der Waals surface area contributed by atoms with Gasteiger partial charge in [0.05, 0.1) is 24.4 Å². The molecule has 0 aromatic rings. The fourth-order valence-corrected chi connectivity index (χ4v) is 4.31. The zero-order chi connectivity index (χ0) is 11.6. The molecule has 0 aromatic heterocycles. The second-order valence-corrected chi connectivity index (χ2v) is 7.01. The minimum Gasteiger partial charge on any atom is -0.501 e. The highest BCUT2D eigenvalue weighted by Crippen LogP contribution is 2.26. The molecule has 2 aliphatic heterocycles. The van der Waals surface area contributed by atoms with Gasteiger partial charge in [0, 0.05) is 6.04 Å². The number of hydrogen-bond donors (Lipinski definition) is 1. The zero-order valence-corrected chi connectivity index (χ0v) is 10.2. The molecule has 2 rings (SSSR count). The van der Waals surface area contributed by atoms with Crippen LogP contribution >= 0.6 is 0 Å². The molecule has 0 aliphatic carbocycles. The molecule has 1 fully saturated rings. The topological polar surface area (TPSA) is 69.4 Å². The first kappa shape index (κ1) is 11.9. The van der Waals surface area contributed by atoms with Crippen LogP contribution in [0.3, 0.4) is 0 Å².